The smallest absolute Gasteiger partial charge is 0.336 e. The normalized spacial score (nSPS) is 16.6. The van der Waals surface area contributed by atoms with Crippen LogP contribution < -0.4 is 10.5 Å². The van der Waals surface area contributed by atoms with Gasteiger partial charge in [0, 0.05) is 11.0 Å². The van der Waals surface area contributed by atoms with E-state index in [2.05, 4.69) is 0 Å². The van der Waals surface area contributed by atoms with E-state index in [1.165, 1.54) is 0 Å². The van der Waals surface area contributed by atoms with Crippen molar-refractivity contribution in [2.75, 3.05) is 13.7 Å². The van der Waals surface area contributed by atoms with Crippen LogP contribution in [0, 0.1) is 5.41 Å². The molecule has 0 aliphatic heterocycles. The standard InChI is InChI=1S/C16H21NO3/c1-5-20-15(18)13-14(17)12-7-6-11(19-4)8-10(12)9-16(13,2)3/h6-8H,5,9,17H2,1-4H3. The molecular formula is C16H21NO3. The van der Waals surface area contributed by atoms with E-state index in [-0.39, 0.29) is 11.4 Å². The molecule has 20 heavy (non-hydrogen) atoms. The number of methoxy groups -OCH3 is 1. The molecule has 0 amide bonds. The Morgan fingerprint density at radius 1 is 1.40 bits per heavy atom. The lowest BCUT2D eigenvalue weighted by molar-refractivity contribution is -0.139. The fourth-order valence-corrected chi connectivity index (χ4v) is 2.76. The van der Waals surface area contributed by atoms with E-state index in [4.69, 9.17) is 15.2 Å². The highest BCUT2D eigenvalue weighted by atomic mass is 16.5. The van der Waals surface area contributed by atoms with Gasteiger partial charge in [0.05, 0.1) is 25.0 Å². The second kappa shape index (κ2) is 5.19. The molecule has 108 valence electrons. The number of hydrogen-bond acceptors (Lipinski definition) is 4. The second-order valence-electron chi connectivity index (χ2n) is 5.59. The van der Waals surface area contributed by atoms with Gasteiger partial charge in [0.2, 0.25) is 0 Å². The number of hydrogen-bond donors (Lipinski definition) is 1. The molecule has 2 rings (SSSR count). The molecular weight excluding hydrogens is 254 g/mol. The minimum Gasteiger partial charge on any atom is -0.497 e. The molecule has 0 spiro atoms. The third kappa shape index (κ3) is 2.38. The first-order chi connectivity index (χ1) is 9.40. The summed E-state index contributed by atoms with van der Waals surface area (Å²) in [5.74, 6) is 0.475. The average molecular weight is 275 g/mol. The molecule has 2 N–H and O–H groups in total. The van der Waals surface area contributed by atoms with Crippen molar-refractivity contribution >= 4 is 11.7 Å². The Hall–Kier alpha value is -1.97. The zero-order chi connectivity index (χ0) is 14.9. The van der Waals surface area contributed by atoms with Crippen LogP contribution in [0.5, 0.6) is 5.75 Å². The summed E-state index contributed by atoms with van der Waals surface area (Å²) in [4.78, 5) is 12.2. The maximum Gasteiger partial charge on any atom is 0.336 e. The number of rotatable bonds is 3. The van der Waals surface area contributed by atoms with Gasteiger partial charge in [0.15, 0.2) is 0 Å². The van der Waals surface area contributed by atoms with Gasteiger partial charge in [-0.1, -0.05) is 13.8 Å². The fraction of sp³-hybridized carbons (Fsp3) is 0.438. The second-order valence-corrected chi connectivity index (χ2v) is 5.59. The van der Waals surface area contributed by atoms with Crippen LogP contribution in [-0.2, 0) is 16.0 Å². The molecule has 0 atom stereocenters. The van der Waals surface area contributed by atoms with Crippen molar-refractivity contribution in [2.45, 2.75) is 27.2 Å². The zero-order valence-corrected chi connectivity index (χ0v) is 12.4. The van der Waals surface area contributed by atoms with E-state index >= 15 is 0 Å². The van der Waals surface area contributed by atoms with E-state index in [0.717, 1.165) is 23.3 Å². The highest BCUT2D eigenvalue weighted by molar-refractivity contribution is 5.99. The Labute approximate surface area is 119 Å². The molecule has 4 heteroatoms. The molecule has 0 heterocycles. The van der Waals surface area contributed by atoms with E-state index in [1.54, 1.807) is 14.0 Å². The summed E-state index contributed by atoms with van der Waals surface area (Å²) in [5.41, 5.74) is 8.95. The van der Waals surface area contributed by atoms with Gasteiger partial charge in [0.1, 0.15) is 5.75 Å². The topological polar surface area (TPSA) is 61.5 Å². The van der Waals surface area contributed by atoms with Crippen molar-refractivity contribution in [1.82, 2.24) is 0 Å². The molecule has 0 saturated carbocycles. The Bertz CT molecular complexity index is 573. The van der Waals surface area contributed by atoms with Gasteiger partial charge in [-0.25, -0.2) is 4.79 Å². The fourth-order valence-electron chi connectivity index (χ4n) is 2.76. The van der Waals surface area contributed by atoms with Crippen LogP contribution in [0.25, 0.3) is 5.70 Å². The molecule has 1 aliphatic rings. The van der Waals surface area contributed by atoms with Gasteiger partial charge in [-0.3, -0.25) is 0 Å². The third-order valence-electron chi connectivity index (χ3n) is 3.66. The van der Waals surface area contributed by atoms with Gasteiger partial charge < -0.3 is 15.2 Å². The van der Waals surface area contributed by atoms with Gasteiger partial charge >= 0.3 is 5.97 Å². The average Bonchev–Trinajstić information content (AvgIpc) is 2.37. The van der Waals surface area contributed by atoms with Crippen LogP contribution in [0.2, 0.25) is 0 Å². The van der Waals surface area contributed by atoms with Crippen LogP contribution in [0.3, 0.4) is 0 Å². The highest BCUT2D eigenvalue weighted by Crippen LogP contribution is 2.42. The molecule has 1 aromatic carbocycles. The van der Waals surface area contributed by atoms with E-state index in [9.17, 15) is 4.79 Å². The molecule has 0 radical (unpaired) electrons. The maximum atomic E-state index is 12.2. The molecule has 1 aliphatic carbocycles. The summed E-state index contributed by atoms with van der Waals surface area (Å²) in [5, 5.41) is 0. The maximum absolute atomic E-state index is 12.2. The number of fused-ring (bicyclic) bond motifs is 1. The predicted octanol–water partition coefficient (Wildman–Crippen LogP) is 2.51. The van der Waals surface area contributed by atoms with Crippen molar-refractivity contribution < 1.29 is 14.3 Å². The van der Waals surface area contributed by atoms with Crippen molar-refractivity contribution in [3.8, 4) is 5.75 Å². The third-order valence-corrected chi connectivity index (χ3v) is 3.66. The van der Waals surface area contributed by atoms with Gasteiger partial charge in [-0.2, -0.15) is 0 Å². The van der Waals surface area contributed by atoms with Crippen molar-refractivity contribution in [1.29, 1.82) is 0 Å². The summed E-state index contributed by atoms with van der Waals surface area (Å²) in [6.45, 7) is 6.16. The van der Waals surface area contributed by atoms with Crippen LogP contribution >= 0.6 is 0 Å². The number of esters is 1. The minimum absolute atomic E-state index is 0.323. The van der Waals surface area contributed by atoms with Gasteiger partial charge in [0.25, 0.3) is 0 Å². The number of benzene rings is 1. The van der Waals surface area contributed by atoms with E-state index in [1.807, 2.05) is 32.0 Å². The highest BCUT2D eigenvalue weighted by Gasteiger charge is 2.37. The Balaban J connectivity index is 2.56. The summed E-state index contributed by atoms with van der Waals surface area (Å²) in [7, 11) is 1.64. The summed E-state index contributed by atoms with van der Waals surface area (Å²) in [6, 6.07) is 5.73. The molecule has 0 aromatic heterocycles. The van der Waals surface area contributed by atoms with Crippen LogP contribution in [0.1, 0.15) is 31.9 Å². The van der Waals surface area contributed by atoms with Crippen LogP contribution in [-0.4, -0.2) is 19.7 Å². The molecule has 0 bridgehead atoms. The Morgan fingerprint density at radius 2 is 2.10 bits per heavy atom. The van der Waals surface area contributed by atoms with Crippen molar-refractivity contribution in [2.24, 2.45) is 11.1 Å². The van der Waals surface area contributed by atoms with E-state index in [0.29, 0.717) is 17.9 Å². The first kappa shape index (κ1) is 14.4. The quantitative estimate of drug-likeness (QED) is 0.861. The first-order valence-corrected chi connectivity index (χ1v) is 6.75. The molecule has 0 unspecified atom stereocenters. The van der Waals surface area contributed by atoms with Crippen LogP contribution in [0.4, 0.5) is 0 Å². The first-order valence-electron chi connectivity index (χ1n) is 6.75. The summed E-state index contributed by atoms with van der Waals surface area (Å²) in [6.07, 6.45) is 0.731. The number of ether oxygens (including phenoxy) is 2. The summed E-state index contributed by atoms with van der Waals surface area (Å²) < 4.78 is 10.4. The Morgan fingerprint density at radius 3 is 2.70 bits per heavy atom. The van der Waals surface area contributed by atoms with Crippen LogP contribution in [0.15, 0.2) is 23.8 Å². The predicted molar refractivity (Wildman–Crippen MR) is 78.2 cm³/mol. The summed E-state index contributed by atoms with van der Waals surface area (Å²) >= 11 is 0. The van der Waals surface area contributed by atoms with E-state index < -0.39 is 0 Å². The van der Waals surface area contributed by atoms with Gasteiger partial charge in [-0.15, -0.1) is 0 Å². The SMILES string of the molecule is CCOC(=O)C1=C(N)c2ccc(OC)cc2CC1(C)C. The molecule has 0 saturated heterocycles. The largest absolute Gasteiger partial charge is 0.497 e. The zero-order valence-electron chi connectivity index (χ0n) is 12.4. The molecule has 4 nitrogen and oxygen atoms in total. The Kier molecular flexibility index (Phi) is 3.75. The monoisotopic (exact) mass is 275 g/mol. The lowest BCUT2D eigenvalue weighted by Crippen LogP contribution is -2.32. The number of carbonyl (C=O) groups excluding carboxylic acids is 1. The number of nitrogens with two attached hydrogens (primary N) is 1. The lowest BCUT2D eigenvalue weighted by atomic mass is 9.72. The van der Waals surface area contributed by atoms with Gasteiger partial charge in [-0.05, 0) is 37.1 Å². The molecule has 1 aromatic rings. The van der Waals surface area contributed by atoms with Crippen molar-refractivity contribution in [3.05, 3.63) is 34.9 Å². The number of carbonyl (C=O) groups is 1. The molecule has 0 fully saturated rings. The lowest BCUT2D eigenvalue weighted by Gasteiger charge is -2.34. The minimum atomic E-state index is -0.351. The van der Waals surface area contributed by atoms with Crippen molar-refractivity contribution in [3.63, 3.8) is 0 Å².